The van der Waals surface area contributed by atoms with Crippen molar-refractivity contribution < 1.29 is 0 Å². The summed E-state index contributed by atoms with van der Waals surface area (Å²) < 4.78 is 4.46. The Balaban J connectivity index is 1.68. The molecule has 1 atom stereocenters. The minimum atomic E-state index is 0.186. The number of nitrogens with one attached hydrogen (secondary N) is 1. The summed E-state index contributed by atoms with van der Waals surface area (Å²) in [5.41, 5.74) is 0. The molecule has 2 aromatic heterocycles. The zero-order valence-corrected chi connectivity index (χ0v) is 12.9. The molecule has 3 rings (SSSR count). The fraction of sp³-hybridized carbons (Fsp3) is 0.667. The van der Waals surface area contributed by atoms with Crippen molar-refractivity contribution in [3.05, 3.63) is 29.9 Å². The summed E-state index contributed by atoms with van der Waals surface area (Å²) in [4.78, 5) is 4.40. The van der Waals surface area contributed by atoms with Crippen molar-refractivity contribution in [1.29, 1.82) is 0 Å². The number of nitrogens with zero attached hydrogens (tertiary/aromatic N) is 5. The van der Waals surface area contributed by atoms with E-state index in [1.807, 2.05) is 12.4 Å². The third-order valence-corrected chi connectivity index (χ3v) is 4.23. The molecule has 0 saturated heterocycles. The molecule has 114 valence electrons. The third-order valence-electron chi connectivity index (χ3n) is 4.23. The molecule has 1 unspecified atom stereocenters. The van der Waals surface area contributed by atoms with Crippen LogP contribution in [0.5, 0.6) is 0 Å². The Hall–Kier alpha value is -1.69. The third kappa shape index (κ3) is 3.00. The van der Waals surface area contributed by atoms with Gasteiger partial charge in [0.15, 0.2) is 0 Å². The largest absolute Gasteiger partial charge is 0.334 e. The average Bonchev–Trinajstić information content (AvgIpc) is 3.05. The van der Waals surface area contributed by atoms with Crippen LogP contribution in [0.15, 0.2) is 12.4 Å². The minimum absolute atomic E-state index is 0.186. The van der Waals surface area contributed by atoms with Gasteiger partial charge in [-0.25, -0.2) is 4.98 Å². The second kappa shape index (κ2) is 6.39. The first-order valence-corrected chi connectivity index (χ1v) is 7.95. The van der Waals surface area contributed by atoms with Crippen LogP contribution in [0.1, 0.15) is 56.6 Å². The molecule has 0 aliphatic carbocycles. The van der Waals surface area contributed by atoms with Gasteiger partial charge in [0.1, 0.15) is 17.5 Å². The van der Waals surface area contributed by atoms with E-state index in [0.717, 1.165) is 43.5 Å². The molecule has 2 aromatic rings. The molecule has 0 radical (unpaired) electrons. The number of rotatable bonds is 5. The van der Waals surface area contributed by atoms with Crippen LogP contribution in [-0.2, 0) is 26.1 Å². The summed E-state index contributed by atoms with van der Waals surface area (Å²) >= 11 is 0. The molecule has 0 spiro atoms. The first kappa shape index (κ1) is 14.3. The fourth-order valence-electron chi connectivity index (χ4n) is 2.96. The monoisotopic (exact) mass is 288 g/mol. The van der Waals surface area contributed by atoms with E-state index in [-0.39, 0.29) is 6.04 Å². The van der Waals surface area contributed by atoms with Gasteiger partial charge in [0, 0.05) is 31.9 Å². The highest BCUT2D eigenvalue weighted by molar-refractivity contribution is 5.02. The van der Waals surface area contributed by atoms with Crippen LogP contribution in [-0.4, -0.2) is 24.3 Å². The molecule has 1 N–H and O–H groups in total. The second-order valence-electron chi connectivity index (χ2n) is 5.67. The van der Waals surface area contributed by atoms with E-state index in [4.69, 9.17) is 0 Å². The van der Waals surface area contributed by atoms with Crippen LogP contribution in [0.25, 0.3) is 0 Å². The Labute approximate surface area is 125 Å². The van der Waals surface area contributed by atoms with Crippen LogP contribution in [0.3, 0.4) is 0 Å². The molecular formula is C15H24N6. The molecule has 6 nitrogen and oxygen atoms in total. The lowest BCUT2D eigenvalue weighted by molar-refractivity contribution is 0.487. The van der Waals surface area contributed by atoms with E-state index in [9.17, 15) is 0 Å². The Morgan fingerprint density at radius 1 is 1.29 bits per heavy atom. The summed E-state index contributed by atoms with van der Waals surface area (Å²) in [6.45, 7) is 7.04. The van der Waals surface area contributed by atoms with Gasteiger partial charge < -0.3 is 14.5 Å². The molecule has 21 heavy (non-hydrogen) atoms. The van der Waals surface area contributed by atoms with Gasteiger partial charge in [-0.1, -0.05) is 6.42 Å². The van der Waals surface area contributed by atoms with Crippen molar-refractivity contribution in [2.75, 3.05) is 0 Å². The molecule has 1 aliphatic rings. The molecule has 1 aliphatic heterocycles. The topological polar surface area (TPSA) is 60.6 Å². The molecule has 0 saturated carbocycles. The van der Waals surface area contributed by atoms with Crippen LogP contribution in [0.2, 0.25) is 0 Å². The molecule has 0 fully saturated rings. The van der Waals surface area contributed by atoms with Gasteiger partial charge in [-0.3, -0.25) is 0 Å². The lowest BCUT2D eigenvalue weighted by atomic mass is 10.2. The lowest BCUT2D eigenvalue weighted by Crippen LogP contribution is -2.24. The van der Waals surface area contributed by atoms with Crippen LogP contribution in [0, 0.1) is 0 Å². The quantitative estimate of drug-likeness (QED) is 0.915. The fourth-order valence-corrected chi connectivity index (χ4v) is 2.96. The second-order valence-corrected chi connectivity index (χ2v) is 5.67. The predicted molar refractivity (Wildman–Crippen MR) is 80.7 cm³/mol. The molecular weight excluding hydrogens is 264 g/mol. The normalized spacial score (nSPS) is 16.5. The molecule has 6 heteroatoms. The first-order valence-electron chi connectivity index (χ1n) is 7.95. The highest BCUT2D eigenvalue weighted by Crippen LogP contribution is 2.18. The first-order chi connectivity index (χ1) is 10.3. The Kier molecular flexibility index (Phi) is 4.34. The lowest BCUT2D eigenvalue weighted by Gasteiger charge is -2.15. The van der Waals surface area contributed by atoms with Crippen LogP contribution >= 0.6 is 0 Å². The number of imidazole rings is 1. The van der Waals surface area contributed by atoms with Crippen molar-refractivity contribution in [3.8, 4) is 0 Å². The van der Waals surface area contributed by atoms with Crippen molar-refractivity contribution in [3.63, 3.8) is 0 Å². The number of aryl methyl sites for hydroxylation is 2. The smallest absolute Gasteiger partial charge is 0.149 e. The van der Waals surface area contributed by atoms with E-state index in [2.05, 4.69) is 43.5 Å². The van der Waals surface area contributed by atoms with E-state index in [1.165, 1.54) is 19.3 Å². The summed E-state index contributed by atoms with van der Waals surface area (Å²) in [6, 6.07) is 0.186. The van der Waals surface area contributed by atoms with E-state index < -0.39 is 0 Å². The van der Waals surface area contributed by atoms with Crippen molar-refractivity contribution in [1.82, 2.24) is 29.6 Å². The zero-order valence-electron chi connectivity index (χ0n) is 12.9. The zero-order chi connectivity index (χ0) is 14.7. The highest BCUT2D eigenvalue weighted by atomic mass is 15.3. The summed E-state index contributed by atoms with van der Waals surface area (Å²) in [5, 5.41) is 12.3. The maximum atomic E-state index is 4.41. The van der Waals surface area contributed by atoms with Crippen LogP contribution < -0.4 is 5.32 Å². The van der Waals surface area contributed by atoms with Crippen molar-refractivity contribution in [2.24, 2.45) is 0 Å². The van der Waals surface area contributed by atoms with Crippen molar-refractivity contribution >= 4 is 0 Å². The van der Waals surface area contributed by atoms with E-state index >= 15 is 0 Å². The SMILES string of the molecule is CCn1ccnc1CNC(C)c1nnc2n1CCCCC2. The molecule has 0 aromatic carbocycles. The Morgan fingerprint density at radius 2 is 2.19 bits per heavy atom. The Bertz CT molecular complexity index is 585. The number of hydrogen-bond donors (Lipinski definition) is 1. The van der Waals surface area contributed by atoms with Crippen molar-refractivity contribution in [2.45, 2.75) is 65.2 Å². The summed E-state index contributed by atoms with van der Waals surface area (Å²) in [7, 11) is 0. The highest BCUT2D eigenvalue weighted by Gasteiger charge is 2.19. The van der Waals surface area contributed by atoms with E-state index in [1.54, 1.807) is 0 Å². The van der Waals surface area contributed by atoms with Gasteiger partial charge in [-0.15, -0.1) is 10.2 Å². The minimum Gasteiger partial charge on any atom is -0.334 e. The molecule has 3 heterocycles. The molecule has 0 amide bonds. The summed E-state index contributed by atoms with van der Waals surface area (Å²) in [6.07, 6.45) is 8.68. The van der Waals surface area contributed by atoms with Gasteiger partial charge >= 0.3 is 0 Å². The molecule has 0 bridgehead atoms. The van der Waals surface area contributed by atoms with Gasteiger partial charge in [0.2, 0.25) is 0 Å². The van der Waals surface area contributed by atoms with Gasteiger partial charge in [0.25, 0.3) is 0 Å². The number of aromatic nitrogens is 5. The van der Waals surface area contributed by atoms with E-state index in [0.29, 0.717) is 0 Å². The predicted octanol–water partition coefficient (Wildman–Crippen LogP) is 2.07. The maximum absolute atomic E-state index is 4.41. The maximum Gasteiger partial charge on any atom is 0.149 e. The van der Waals surface area contributed by atoms with Gasteiger partial charge in [-0.2, -0.15) is 0 Å². The van der Waals surface area contributed by atoms with Gasteiger partial charge in [0.05, 0.1) is 12.6 Å². The van der Waals surface area contributed by atoms with Gasteiger partial charge in [-0.05, 0) is 26.7 Å². The number of hydrogen-bond acceptors (Lipinski definition) is 4. The number of fused-ring (bicyclic) bond motifs is 1. The Morgan fingerprint density at radius 3 is 3.05 bits per heavy atom. The van der Waals surface area contributed by atoms with Crippen LogP contribution in [0.4, 0.5) is 0 Å². The standard InChI is InChI=1S/C15H24N6/c1-3-20-10-8-16-14(20)11-17-12(2)15-19-18-13-7-5-4-6-9-21(13)15/h8,10,12,17H,3-7,9,11H2,1-2H3. The average molecular weight is 288 g/mol. The summed E-state index contributed by atoms with van der Waals surface area (Å²) in [5.74, 6) is 3.27.